The third-order valence-corrected chi connectivity index (χ3v) is 4.75. The Balaban J connectivity index is 1.64. The zero-order valence-electron chi connectivity index (χ0n) is 13.7. The molecule has 1 amide bonds. The van der Waals surface area contributed by atoms with Gasteiger partial charge in [-0.25, -0.2) is 9.78 Å². The number of carbonyl (C=O) groups is 1. The Labute approximate surface area is 146 Å². The van der Waals surface area contributed by atoms with E-state index in [0.717, 1.165) is 40.8 Å². The number of aromatic amines is 1. The topological polar surface area (TPSA) is 69.2 Å². The van der Waals surface area contributed by atoms with E-state index in [1.807, 2.05) is 42.6 Å². The Morgan fingerprint density at radius 2 is 1.72 bits per heavy atom. The SMILES string of the molecule is O=C(O)N(CCCc1c[nH]cn1)C1c2ccccc2-c2ccccc21. The van der Waals surface area contributed by atoms with E-state index in [4.69, 9.17) is 0 Å². The Hall–Kier alpha value is -3.08. The third kappa shape index (κ3) is 2.78. The molecule has 1 aromatic heterocycles. The van der Waals surface area contributed by atoms with Crippen molar-refractivity contribution in [2.45, 2.75) is 18.9 Å². The van der Waals surface area contributed by atoms with Crippen molar-refractivity contribution in [3.8, 4) is 11.1 Å². The van der Waals surface area contributed by atoms with Crippen molar-refractivity contribution in [2.75, 3.05) is 6.54 Å². The van der Waals surface area contributed by atoms with Crippen molar-refractivity contribution in [1.29, 1.82) is 0 Å². The first-order chi connectivity index (χ1) is 12.3. The van der Waals surface area contributed by atoms with Gasteiger partial charge in [-0.2, -0.15) is 0 Å². The predicted molar refractivity (Wildman–Crippen MR) is 95.4 cm³/mol. The van der Waals surface area contributed by atoms with E-state index in [1.54, 1.807) is 11.2 Å². The minimum absolute atomic E-state index is 0.246. The molecule has 0 aliphatic heterocycles. The van der Waals surface area contributed by atoms with Gasteiger partial charge in [0.1, 0.15) is 0 Å². The fourth-order valence-corrected chi connectivity index (χ4v) is 3.66. The Kier molecular flexibility index (Phi) is 3.98. The molecule has 2 N–H and O–H groups in total. The number of carboxylic acid groups (broad SMARTS) is 1. The summed E-state index contributed by atoms with van der Waals surface area (Å²) in [5, 5.41) is 9.85. The van der Waals surface area contributed by atoms with Gasteiger partial charge in [-0.05, 0) is 35.1 Å². The summed E-state index contributed by atoms with van der Waals surface area (Å²) in [5.74, 6) is 0. The number of rotatable bonds is 5. The van der Waals surface area contributed by atoms with Gasteiger partial charge in [0.25, 0.3) is 0 Å². The summed E-state index contributed by atoms with van der Waals surface area (Å²) >= 11 is 0. The van der Waals surface area contributed by atoms with Gasteiger partial charge in [0.05, 0.1) is 18.1 Å². The van der Waals surface area contributed by atoms with Crippen molar-refractivity contribution in [3.05, 3.63) is 77.9 Å². The summed E-state index contributed by atoms with van der Waals surface area (Å²) in [6, 6.07) is 15.9. The van der Waals surface area contributed by atoms with Gasteiger partial charge in [-0.1, -0.05) is 48.5 Å². The molecule has 0 spiro atoms. The van der Waals surface area contributed by atoms with Gasteiger partial charge in [0.15, 0.2) is 0 Å². The van der Waals surface area contributed by atoms with E-state index in [0.29, 0.717) is 6.54 Å². The third-order valence-electron chi connectivity index (χ3n) is 4.75. The molecule has 0 atom stereocenters. The summed E-state index contributed by atoms with van der Waals surface area (Å²) in [6.07, 6.45) is 4.10. The molecule has 5 heteroatoms. The zero-order valence-corrected chi connectivity index (χ0v) is 13.7. The predicted octanol–water partition coefficient (Wildman–Crippen LogP) is 4.09. The molecule has 0 saturated heterocycles. The molecule has 4 rings (SSSR count). The van der Waals surface area contributed by atoms with E-state index >= 15 is 0 Å². The molecule has 0 fully saturated rings. The number of aromatic nitrogens is 2. The van der Waals surface area contributed by atoms with Gasteiger partial charge in [-0.15, -0.1) is 0 Å². The average molecular weight is 333 g/mol. The maximum Gasteiger partial charge on any atom is 0.408 e. The van der Waals surface area contributed by atoms with Gasteiger partial charge < -0.3 is 10.1 Å². The molecule has 25 heavy (non-hydrogen) atoms. The highest BCUT2D eigenvalue weighted by Gasteiger charge is 2.34. The van der Waals surface area contributed by atoms with E-state index in [-0.39, 0.29) is 6.04 Å². The maximum absolute atomic E-state index is 12.0. The van der Waals surface area contributed by atoms with Crippen molar-refractivity contribution in [3.63, 3.8) is 0 Å². The van der Waals surface area contributed by atoms with E-state index in [2.05, 4.69) is 22.1 Å². The normalized spacial score (nSPS) is 12.6. The van der Waals surface area contributed by atoms with Crippen LogP contribution in [-0.2, 0) is 6.42 Å². The molecule has 0 unspecified atom stereocenters. The number of benzene rings is 2. The van der Waals surface area contributed by atoms with Crippen LogP contribution >= 0.6 is 0 Å². The molecule has 126 valence electrons. The highest BCUT2D eigenvalue weighted by atomic mass is 16.4. The summed E-state index contributed by atoms with van der Waals surface area (Å²) in [7, 11) is 0. The van der Waals surface area contributed by atoms with Crippen LogP contribution in [0.4, 0.5) is 4.79 Å². The standard InChI is InChI=1S/C20H19N3O2/c24-20(25)23(11-5-6-14-12-21-13-22-14)19-17-9-3-1-7-15(17)16-8-2-4-10-18(16)19/h1-4,7-10,12-13,19H,5-6,11H2,(H,21,22)(H,24,25). The first-order valence-electron chi connectivity index (χ1n) is 8.41. The van der Waals surface area contributed by atoms with Crippen molar-refractivity contribution in [2.24, 2.45) is 0 Å². The molecule has 1 aliphatic rings. The lowest BCUT2D eigenvalue weighted by Crippen LogP contribution is -2.34. The number of H-pyrrole nitrogens is 1. The number of imidazole rings is 1. The molecular formula is C20H19N3O2. The number of aryl methyl sites for hydroxylation is 1. The molecule has 3 aromatic rings. The fraction of sp³-hybridized carbons (Fsp3) is 0.200. The lowest BCUT2D eigenvalue weighted by molar-refractivity contribution is 0.132. The average Bonchev–Trinajstić information content (AvgIpc) is 3.25. The summed E-state index contributed by atoms with van der Waals surface area (Å²) in [4.78, 5) is 20.7. The van der Waals surface area contributed by atoms with Gasteiger partial charge in [-0.3, -0.25) is 4.90 Å². The van der Waals surface area contributed by atoms with Gasteiger partial charge >= 0.3 is 6.09 Å². The number of amides is 1. The molecule has 5 nitrogen and oxygen atoms in total. The monoisotopic (exact) mass is 333 g/mol. The highest BCUT2D eigenvalue weighted by molar-refractivity contribution is 5.80. The second-order valence-corrected chi connectivity index (χ2v) is 6.22. The van der Waals surface area contributed by atoms with Crippen molar-refractivity contribution < 1.29 is 9.90 Å². The summed E-state index contributed by atoms with van der Waals surface area (Å²) in [5.41, 5.74) is 5.33. The van der Waals surface area contributed by atoms with Crippen LogP contribution in [0.5, 0.6) is 0 Å². The van der Waals surface area contributed by atoms with Gasteiger partial charge in [0, 0.05) is 12.7 Å². The van der Waals surface area contributed by atoms with Gasteiger partial charge in [0.2, 0.25) is 0 Å². The molecule has 0 radical (unpaired) electrons. The Morgan fingerprint density at radius 3 is 2.28 bits per heavy atom. The molecule has 0 saturated carbocycles. The molecule has 0 bridgehead atoms. The number of hydrogen-bond acceptors (Lipinski definition) is 2. The Bertz CT molecular complexity index is 844. The number of hydrogen-bond donors (Lipinski definition) is 2. The summed E-state index contributed by atoms with van der Waals surface area (Å²) in [6.45, 7) is 0.468. The summed E-state index contributed by atoms with van der Waals surface area (Å²) < 4.78 is 0. The van der Waals surface area contributed by atoms with Crippen LogP contribution in [0.2, 0.25) is 0 Å². The molecule has 1 aliphatic carbocycles. The van der Waals surface area contributed by atoms with E-state index in [9.17, 15) is 9.90 Å². The van der Waals surface area contributed by atoms with Crippen LogP contribution in [0.25, 0.3) is 11.1 Å². The lowest BCUT2D eigenvalue weighted by Gasteiger charge is -2.28. The van der Waals surface area contributed by atoms with Crippen molar-refractivity contribution in [1.82, 2.24) is 14.9 Å². The lowest BCUT2D eigenvalue weighted by atomic mass is 10.0. The number of nitrogens with one attached hydrogen (secondary N) is 1. The quantitative estimate of drug-likeness (QED) is 0.739. The fourth-order valence-electron chi connectivity index (χ4n) is 3.66. The second kappa shape index (κ2) is 6.43. The van der Waals surface area contributed by atoms with E-state index < -0.39 is 6.09 Å². The Morgan fingerprint density at radius 1 is 1.08 bits per heavy atom. The van der Waals surface area contributed by atoms with Crippen LogP contribution in [0.1, 0.15) is 29.3 Å². The zero-order chi connectivity index (χ0) is 17.2. The number of fused-ring (bicyclic) bond motifs is 3. The highest BCUT2D eigenvalue weighted by Crippen LogP contribution is 2.46. The van der Waals surface area contributed by atoms with E-state index in [1.165, 1.54) is 0 Å². The minimum atomic E-state index is -0.890. The van der Waals surface area contributed by atoms with Crippen LogP contribution in [0.15, 0.2) is 61.1 Å². The smallest absolute Gasteiger partial charge is 0.408 e. The maximum atomic E-state index is 12.0. The van der Waals surface area contributed by atoms with Crippen LogP contribution in [-0.4, -0.2) is 32.6 Å². The second-order valence-electron chi connectivity index (χ2n) is 6.22. The van der Waals surface area contributed by atoms with Crippen LogP contribution in [0, 0.1) is 0 Å². The first kappa shape index (κ1) is 15.4. The minimum Gasteiger partial charge on any atom is -0.465 e. The largest absolute Gasteiger partial charge is 0.465 e. The van der Waals surface area contributed by atoms with Crippen LogP contribution < -0.4 is 0 Å². The number of nitrogens with zero attached hydrogens (tertiary/aromatic N) is 2. The van der Waals surface area contributed by atoms with Crippen molar-refractivity contribution >= 4 is 6.09 Å². The molecule has 1 heterocycles. The first-order valence-corrected chi connectivity index (χ1v) is 8.41. The molecule has 2 aromatic carbocycles. The molecular weight excluding hydrogens is 314 g/mol. The van der Waals surface area contributed by atoms with Crippen LogP contribution in [0.3, 0.4) is 0 Å².